The fourth-order valence-electron chi connectivity index (χ4n) is 2.57. The molecule has 3 aromatic rings. The zero-order valence-corrected chi connectivity index (χ0v) is 17.4. The molecule has 0 atom stereocenters. The number of ether oxygens (including phenoxy) is 1. The second kappa shape index (κ2) is 9.80. The summed E-state index contributed by atoms with van der Waals surface area (Å²) in [5, 5.41) is 6.64. The number of carbonyl (C=O) groups excluding carboxylic acids is 2. The maximum Gasteiger partial charge on any atom is 0.271 e. The third-order valence-corrected chi connectivity index (χ3v) is 4.54. The molecule has 0 aliphatic heterocycles. The van der Waals surface area contributed by atoms with Crippen LogP contribution in [0, 0.1) is 5.82 Å². The quantitative estimate of drug-likeness (QED) is 0.408. The summed E-state index contributed by atoms with van der Waals surface area (Å²) in [5.41, 5.74) is 4.17. The monoisotopic (exact) mass is 469 g/mol. The molecule has 0 unspecified atom stereocenters. The Bertz CT molecular complexity index is 1100. The van der Waals surface area contributed by atoms with E-state index in [1.165, 1.54) is 36.5 Å². The van der Waals surface area contributed by atoms with Crippen LogP contribution in [0.1, 0.15) is 26.3 Å². The van der Waals surface area contributed by atoms with Gasteiger partial charge in [0.15, 0.2) is 0 Å². The van der Waals surface area contributed by atoms with E-state index in [9.17, 15) is 14.0 Å². The fraction of sp³-hybridized carbons (Fsp3) is 0.0455. The molecule has 30 heavy (non-hydrogen) atoms. The Balaban J connectivity index is 1.66. The minimum absolute atomic E-state index is 0.304. The number of amides is 2. The number of hydrazone groups is 1. The zero-order valence-electron chi connectivity index (χ0n) is 15.9. The molecule has 0 fully saturated rings. The summed E-state index contributed by atoms with van der Waals surface area (Å²) in [6.45, 7) is 0. The predicted molar refractivity (Wildman–Crippen MR) is 117 cm³/mol. The number of rotatable bonds is 6. The predicted octanol–water partition coefficient (Wildman–Crippen LogP) is 4.61. The van der Waals surface area contributed by atoms with Crippen molar-refractivity contribution < 1.29 is 18.7 Å². The average Bonchev–Trinajstić information content (AvgIpc) is 2.74. The molecule has 0 aliphatic rings. The summed E-state index contributed by atoms with van der Waals surface area (Å²) in [6, 6.07) is 17.0. The number of carbonyl (C=O) groups is 2. The Morgan fingerprint density at radius 1 is 1.00 bits per heavy atom. The van der Waals surface area contributed by atoms with Crippen LogP contribution in [0.4, 0.5) is 10.1 Å². The Labute approximate surface area is 180 Å². The van der Waals surface area contributed by atoms with Crippen LogP contribution in [-0.2, 0) is 0 Å². The second-order valence-electron chi connectivity index (χ2n) is 6.13. The van der Waals surface area contributed by atoms with Crippen molar-refractivity contribution in [3.63, 3.8) is 0 Å². The van der Waals surface area contributed by atoms with Crippen LogP contribution in [0.5, 0.6) is 5.75 Å². The van der Waals surface area contributed by atoms with Gasteiger partial charge in [0.1, 0.15) is 11.6 Å². The molecule has 0 saturated carbocycles. The van der Waals surface area contributed by atoms with Gasteiger partial charge < -0.3 is 10.1 Å². The van der Waals surface area contributed by atoms with Gasteiger partial charge >= 0.3 is 0 Å². The van der Waals surface area contributed by atoms with Gasteiger partial charge in [-0.1, -0.05) is 22.0 Å². The van der Waals surface area contributed by atoms with Gasteiger partial charge in [0.05, 0.1) is 13.3 Å². The summed E-state index contributed by atoms with van der Waals surface area (Å²) in [7, 11) is 1.55. The molecule has 0 bridgehead atoms. The van der Waals surface area contributed by atoms with Crippen molar-refractivity contribution in [1.29, 1.82) is 0 Å². The second-order valence-corrected chi connectivity index (χ2v) is 7.04. The van der Waals surface area contributed by atoms with Gasteiger partial charge in [0.25, 0.3) is 11.8 Å². The standard InChI is InChI=1S/C22H17BrFN3O3/c1-30-20-10-7-17(23)11-16(20)13-25-27-22(29)15-3-2-4-19(12-15)26-21(28)14-5-8-18(24)9-6-14/h2-13H,1H3,(H,26,28)(H,27,29)/b25-13+. The summed E-state index contributed by atoms with van der Waals surface area (Å²) in [5.74, 6) is -0.668. The van der Waals surface area contributed by atoms with E-state index in [1.54, 1.807) is 37.4 Å². The van der Waals surface area contributed by atoms with Crippen LogP contribution in [0.25, 0.3) is 0 Å². The maximum absolute atomic E-state index is 13.0. The molecule has 6 nitrogen and oxygen atoms in total. The molecular weight excluding hydrogens is 453 g/mol. The lowest BCUT2D eigenvalue weighted by atomic mass is 10.1. The lowest BCUT2D eigenvalue weighted by molar-refractivity contribution is 0.0953. The molecule has 0 heterocycles. The summed E-state index contributed by atoms with van der Waals surface area (Å²) >= 11 is 3.37. The first-order valence-corrected chi connectivity index (χ1v) is 9.59. The lowest BCUT2D eigenvalue weighted by Crippen LogP contribution is -2.18. The van der Waals surface area contributed by atoms with Gasteiger partial charge in [-0.2, -0.15) is 5.10 Å². The van der Waals surface area contributed by atoms with Crippen molar-refractivity contribution in [1.82, 2.24) is 5.43 Å². The number of hydrogen-bond acceptors (Lipinski definition) is 4. The van der Waals surface area contributed by atoms with Gasteiger partial charge in [-0.25, -0.2) is 9.82 Å². The van der Waals surface area contributed by atoms with Crippen molar-refractivity contribution in [3.8, 4) is 5.75 Å². The molecule has 8 heteroatoms. The third kappa shape index (κ3) is 5.51. The highest BCUT2D eigenvalue weighted by atomic mass is 79.9. The van der Waals surface area contributed by atoms with Crippen molar-refractivity contribution >= 4 is 39.6 Å². The Hall–Kier alpha value is -3.52. The van der Waals surface area contributed by atoms with Crippen LogP contribution in [0.2, 0.25) is 0 Å². The van der Waals surface area contributed by atoms with Crippen LogP contribution in [-0.4, -0.2) is 25.1 Å². The van der Waals surface area contributed by atoms with Gasteiger partial charge in [-0.15, -0.1) is 0 Å². The molecular formula is C22H17BrFN3O3. The van der Waals surface area contributed by atoms with Gasteiger partial charge in [0.2, 0.25) is 0 Å². The zero-order chi connectivity index (χ0) is 21.5. The number of halogens is 2. The molecule has 2 N–H and O–H groups in total. The molecule has 0 aliphatic carbocycles. The minimum Gasteiger partial charge on any atom is -0.496 e. The molecule has 152 valence electrons. The van der Waals surface area contributed by atoms with Gasteiger partial charge in [0, 0.05) is 26.9 Å². The molecule has 0 aromatic heterocycles. The van der Waals surface area contributed by atoms with Crippen LogP contribution in [0.3, 0.4) is 0 Å². The van der Waals surface area contributed by atoms with Crippen LogP contribution in [0.15, 0.2) is 76.3 Å². The van der Waals surface area contributed by atoms with E-state index in [-0.39, 0.29) is 0 Å². The molecule has 0 saturated heterocycles. The number of methoxy groups -OCH3 is 1. The fourth-order valence-corrected chi connectivity index (χ4v) is 2.95. The smallest absolute Gasteiger partial charge is 0.271 e. The lowest BCUT2D eigenvalue weighted by Gasteiger charge is -2.07. The van der Waals surface area contributed by atoms with E-state index in [2.05, 4.69) is 31.8 Å². The van der Waals surface area contributed by atoms with Crippen molar-refractivity contribution in [2.75, 3.05) is 12.4 Å². The number of nitrogens with zero attached hydrogens (tertiary/aromatic N) is 1. The molecule has 0 spiro atoms. The Kier molecular flexibility index (Phi) is 6.92. The molecule has 2 amide bonds. The number of anilines is 1. The van der Waals surface area contributed by atoms with Crippen molar-refractivity contribution in [2.45, 2.75) is 0 Å². The Morgan fingerprint density at radius 2 is 1.77 bits per heavy atom. The molecule has 3 rings (SSSR count). The van der Waals surface area contributed by atoms with E-state index < -0.39 is 17.6 Å². The molecule has 0 radical (unpaired) electrons. The largest absolute Gasteiger partial charge is 0.496 e. The number of hydrogen-bond donors (Lipinski definition) is 2. The first-order valence-electron chi connectivity index (χ1n) is 8.80. The number of nitrogens with one attached hydrogen (secondary N) is 2. The van der Waals surface area contributed by atoms with Crippen molar-refractivity contribution in [2.24, 2.45) is 5.10 Å². The van der Waals surface area contributed by atoms with Crippen LogP contribution < -0.4 is 15.5 Å². The van der Waals surface area contributed by atoms with E-state index >= 15 is 0 Å². The van der Waals surface area contributed by atoms with Gasteiger partial charge in [-0.05, 0) is 60.7 Å². The summed E-state index contributed by atoms with van der Waals surface area (Å²) in [6.07, 6.45) is 1.47. The molecule has 3 aromatic carbocycles. The normalized spacial score (nSPS) is 10.6. The van der Waals surface area contributed by atoms with E-state index in [0.29, 0.717) is 28.1 Å². The highest BCUT2D eigenvalue weighted by Gasteiger charge is 2.09. The summed E-state index contributed by atoms with van der Waals surface area (Å²) in [4.78, 5) is 24.6. The topological polar surface area (TPSA) is 79.8 Å². The first-order chi connectivity index (χ1) is 14.5. The Morgan fingerprint density at radius 3 is 2.50 bits per heavy atom. The SMILES string of the molecule is COc1ccc(Br)cc1/C=N/NC(=O)c1cccc(NC(=O)c2ccc(F)cc2)c1. The van der Waals surface area contributed by atoms with E-state index in [0.717, 1.165) is 4.47 Å². The van der Waals surface area contributed by atoms with Crippen LogP contribution >= 0.6 is 15.9 Å². The minimum atomic E-state index is -0.446. The first kappa shape index (κ1) is 21.2. The van der Waals surface area contributed by atoms with Crippen molar-refractivity contribution in [3.05, 3.63) is 93.7 Å². The highest BCUT2D eigenvalue weighted by molar-refractivity contribution is 9.10. The summed E-state index contributed by atoms with van der Waals surface area (Å²) < 4.78 is 19.1. The third-order valence-electron chi connectivity index (χ3n) is 4.05. The number of benzene rings is 3. The van der Waals surface area contributed by atoms with Gasteiger partial charge in [-0.3, -0.25) is 9.59 Å². The van der Waals surface area contributed by atoms with E-state index in [4.69, 9.17) is 4.74 Å². The highest BCUT2D eigenvalue weighted by Crippen LogP contribution is 2.21. The maximum atomic E-state index is 13.0. The van der Waals surface area contributed by atoms with E-state index in [1.807, 2.05) is 6.07 Å². The average molecular weight is 470 g/mol.